The molecule has 0 fully saturated rings. The van der Waals surface area contributed by atoms with Crippen molar-refractivity contribution < 1.29 is 9.21 Å². The fraction of sp³-hybridized carbons (Fsp3) is 0.214. The van der Waals surface area contributed by atoms with E-state index in [0.717, 1.165) is 5.69 Å². The highest BCUT2D eigenvalue weighted by Crippen LogP contribution is 2.24. The second-order valence-electron chi connectivity index (χ2n) is 4.29. The van der Waals surface area contributed by atoms with Crippen molar-refractivity contribution in [3.05, 3.63) is 52.4 Å². The lowest BCUT2D eigenvalue weighted by molar-refractivity contribution is -0.120. The monoisotopic (exact) mass is 312 g/mol. The Bertz CT molecular complexity index is 585. The molecule has 0 aliphatic carbocycles. The van der Waals surface area contributed by atoms with Crippen molar-refractivity contribution in [1.82, 2.24) is 5.32 Å². The van der Waals surface area contributed by atoms with E-state index in [1.807, 2.05) is 13.0 Å². The van der Waals surface area contributed by atoms with Crippen LogP contribution in [0.3, 0.4) is 0 Å². The van der Waals surface area contributed by atoms with Gasteiger partial charge in [0.25, 0.3) is 0 Å². The zero-order chi connectivity index (χ0) is 14.5. The number of benzene rings is 1. The molecule has 106 valence electrons. The molecule has 2 aromatic rings. The van der Waals surface area contributed by atoms with Crippen LogP contribution in [0.4, 0.5) is 5.69 Å². The maximum absolute atomic E-state index is 11.8. The van der Waals surface area contributed by atoms with Crippen molar-refractivity contribution in [2.75, 3.05) is 11.9 Å². The normalized spacial score (nSPS) is 11.9. The highest BCUT2D eigenvalue weighted by molar-refractivity contribution is 6.42. The van der Waals surface area contributed by atoms with Gasteiger partial charge in [0.15, 0.2) is 0 Å². The van der Waals surface area contributed by atoms with Crippen LogP contribution in [0.1, 0.15) is 18.7 Å². The molecule has 0 saturated heterocycles. The molecule has 1 aromatic heterocycles. The lowest BCUT2D eigenvalue weighted by Gasteiger charge is -2.12. The van der Waals surface area contributed by atoms with Gasteiger partial charge >= 0.3 is 0 Å². The van der Waals surface area contributed by atoms with Crippen LogP contribution in [0, 0.1) is 0 Å². The lowest BCUT2D eigenvalue weighted by Crippen LogP contribution is -2.31. The van der Waals surface area contributed by atoms with Crippen molar-refractivity contribution in [1.29, 1.82) is 0 Å². The number of rotatable bonds is 5. The summed E-state index contributed by atoms with van der Waals surface area (Å²) in [5.41, 5.74) is 0.736. The molecule has 20 heavy (non-hydrogen) atoms. The van der Waals surface area contributed by atoms with Crippen molar-refractivity contribution in [2.45, 2.75) is 13.0 Å². The van der Waals surface area contributed by atoms with E-state index in [4.69, 9.17) is 27.6 Å². The zero-order valence-corrected chi connectivity index (χ0v) is 12.3. The molecular formula is C14H14Cl2N2O2. The molecule has 1 amide bonds. The third kappa shape index (κ3) is 3.92. The molecule has 0 aliphatic heterocycles. The molecule has 0 aliphatic rings. The van der Waals surface area contributed by atoms with E-state index in [-0.39, 0.29) is 18.5 Å². The van der Waals surface area contributed by atoms with Gasteiger partial charge in [0.1, 0.15) is 5.76 Å². The van der Waals surface area contributed by atoms with Gasteiger partial charge in [0.05, 0.1) is 28.9 Å². The van der Waals surface area contributed by atoms with Crippen molar-refractivity contribution in [3.8, 4) is 0 Å². The van der Waals surface area contributed by atoms with Crippen molar-refractivity contribution >= 4 is 34.8 Å². The van der Waals surface area contributed by atoms with Crippen LogP contribution in [-0.2, 0) is 4.79 Å². The van der Waals surface area contributed by atoms with Crippen LogP contribution in [0.2, 0.25) is 10.0 Å². The first-order chi connectivity index (χ1) is 9.56. The van der Waals surface area contributed by atoms with Crippen molar-refractivity contribution in [2.24, 2.45) is 0 Å². The highest BCUT2D eigenvalue weighted by atomic mass is 35.5. The number of carbonyl (C=O) groups is 1. The average Bonchev–Trinajstić information content (AvgIpc) is 2.94. The van der Waals surface area contributed by atoms with Gasteiger partial charge in [-0.2, -0.15) is 0 Å². The van der Waals surface area contributed by atoms with Gasteiger partial charge in [0.2, 0.25) is 5.91 Å². The minimum Gasteiger partial charge on any atom is -0.467 e. The second-order valence-corrected chi connectivity index (χ2v) is 5.10. The predicted molar refractivity (Wildman–Crippen MR) is 80.2 cm³/mol. The number of amides is 1. The largest absolute Gasteiger partial charge is 0.467 e. The summed E-state index contributed by atoms with van der Waals surface area (Å²) in [6.45, 7) is 2.00. The molecule has 0 radical (unpaired) electrons. The van der Waals surface area contributed by atoms with Crippen LogP contribution < -0.4 is 10.6 Å². The number of anilines is 1. The van der Waals surface area contributed by atoms with E-state index in [0.29, 0.717) is 15.8 Å². The number of furan rings is 1. The Labute approximate surface area is 127 Å². The Morgan fingerprint density at radius 1 is 1.30 bits per heavy atom. The van der Waals surface area contributed by atoms with Crippen LogP contribution >= 0.6 is 23.2 Å². The lowest BCUT2D eigenvalue weighted by atomic mass is 10.2. The van der Waals surface area contributed by atoms with E-state index < -0.39 is 0 Å². The Hall–Kier alpha value is -1.65. The van der Waals surface area contributed by atoms with Gasteiger partial charge in [-0.15, -0.1) is 0 Å². The smallest absolute Gasteiger partial charge is 0.239 e. The topological polar surface area (TPSA) is 54.3 Å². The summed E-state index contributed by atoms with van der Waals surface area (Å²) in [5.74, 6) is 0.577. The maximum Gasteiger partial charge on any atom is 0.239 e. The summed E-state index contributed by atoms with van der Waals surface area (Å²) in [5, 5.41) is 6.73. The summed E-state index contributed by atoms with van der Waals surface area (Å²) in [4.78, 5) is 11.8. The van der Waals surface area contributed by atoms with Gasteiger partial charge < -0.3 is 15.1 Å². The third-order valence-electron chi connectivity index (χ3n) is 2.72. The molecule has 1 heterocycles. The van der Waals surface area contributed by atoms with Crippen molar-refractivity contribution in [3.63, 3.8) is 0 Å². The predicted octanol–water partition coefficient (Wildman–Crippen LogP) is 3.88. The van der Waals surface area contributed by atoms with E-state index in [9.17, 15) is 4.79 Å². The summed E-state index contributed by atoms with van der Waals surface area (Å²) in [6, 6.07) is 8.54. The Kier molecular flexibility index (Phi) is 4.93. The van der Waals surface area contributed by atoms with Crippen LogP contribution in [-0.4, -0.2) is 12.5 Å². The Balaban J connectivity index is 1.84. The molecule has 1 atom stereocenters. The first-order valence-electron chi connectivity index (χ1n) is 6.08. The molecule has 1 unspecified atom stereocenters. The Morgan fingerprint density at radius 3 is 2.75 bits per heavy atom. The fourth-order valence-electron chi connectivity index (χ4n) is 1.69. The standard InChI is InChI=1S/C14H14Cl2N2O2/c1-9(13-3-2-6-20-13)18-14(19)8-17-10-4-5-11(15)12(16)7-10/h2-7,9,17H,8H2,1H3,(H,18,19). The third-order valence-corrected chi connectivity index (χ3v) is 3.46. The first-order valence-corrected chi connectivity index (χ1v) is 6.83. The highest BCUT2D eigenvalue weighted by Gasteiger charge is 2.11. The van der Waals surface area contributed by atoms with E-state index in [2.05, 4.69) is 10.6 Å². The summed E-state index contributed by atoms with van der Waals surface area (Å²) >= 11 is 11.7. The minimum absolute atomic E-state index is 0.139. The molecule has 6 heteroatoms. The molecular weight excluding hydrogens is 299 g/mol. The fourth-order valence-corrected chi connectivity index (χ4v) is 1.99. The van der Waals surface area contributed by atoms with E-state index in [1.165, 1.54) is 0 Å². The van der Waals surface area contributed by atoms with Gasteiger partial charge in [0, 0.05) is 5.69 Å². The zero-order valence-electron chi connectivity index (χ0n) is 10.8. The van der Waals surface area contributed by atoms with Crippen LogP contribution in [0.15, 0.2) is 41.0 Å². The molecule has 0 bridgehead atoms. The molecule has 0 saturated carbocycles. The molecule has 2 rings (SSSR count). The minimum atomic E-state index is -0.173. The maximum atomic E-state index is 11.8. The number of hydrogen-bond donors (Lipinski definition) is 2. The summed E-state index contributed by atoms with van der Waals surface area (Å²) in [7, 11) is 0. The quantitative estimate of drug-likeness (QED) is 0.881. The van der Waals surface area contributed by atoms with Gasteiger partial charge in [-0.05, 0) is 37.3 Å². The summed E-state index contributed by atoms with van der Waals surface area (Å²) in [6.07, 6.45) is 1.58. The number of carbonyl (C=O) groups excluding carboxylic acids is 1. The molecule has 2 N–H and O–H groups in total. The first kappa shape index (κ1) is 14.8. The SMILES string of the molecule is CC(NC(=O)CNc1ccc(Cl)c(Cl)c1)c1ccco1. The molecule has 1 aromatic carbocycles. The van der Waals surface area contributed by atoms with Crippen LogP contribution in [0.25, 0.3) is 0 Å². The molecule has 0 spiro atoms. The van der Waals surface area contributed by atoms with Gasteiger partial charge in [-0.1, -0.05) is 23.2 Å². The van der Waals surface area contributed by atoms with E-state index >= 15 is 0 Å². The summed E-state index contributed by atoms with van der Waals surface area (Å²) < 4.78 is 5.22. The van der Waals surface area contributed by atoms with Gasteiger partial charge in [-0.25, -0.2) is 0 Å². The average molecular weight is 313 g/mol. The molecule has 4 nitrogen and oxygen atoms in total. The Morgan fingerprint density at radius 2 is 2.10 bits per heavy atom. The number of halogens is 2. The van der Waals surface area contributed by atoms with Gasteiger partial charge in [-0.3, -0.25) is 4.79 Å². The number of nitrogens with one attached hydrogen (secondary N) is 2. The number of hydrogen-bond acceptors (Lipinski definition) is 3. The van der Waals surface area contributed by atoms with Crippen LogP contribution in [0.5, 0.6) is 0 Å². The van der Waals surface area contributed by atoms with E-state index in [1.54, 1.807) is 30.5 Å². The second kappa shape index (κ2) is 6.68.